The summed E-state index contributed by atoms with van der Waals surface area (Å²) in [6.45, 7) is 11.0. The van der Waals surface area contributed by atoms with E-state index < -0.39 is 21.2 Å². The number of nitrogens with zero attached hydrogens (tertiary/aromatic N) is 5. The van der Waals surface area contributed by atoms with E-state index in [1.165, 1.54) is 12.0 Å². The summed E-state index contributed by atoms with van der Waals surface area (Å²) in [6.07, 6.45) is 10.6. The second-order valence-electron chi connectivity index (χ2n) is 15.4. The van der Waals surface area contributed by atoms with Gasteiger partial charge in [0.1, 0.15) is 5.75 Å². The highest BCUT2D eigenvalue weighted by Gasteiger charge is 2.45. The fourth-order valence-electron chi connectivity index (χ4n) is 9.29. The molecule has 2 atom stereocenters. The number of likely N-dealkylation sites (tertiary alicyclic amines) is 2. The van der Waals surface area contributed by atoms with E-state index in [2.05, 4.69) is 44.2 Å². The normalized spacial score (nSPS) is 20.4. The number of carbonyl (C=O) groups is 2. The average molecular weight is 739 g/mol. The van der Waals surface area contributed by atoms with Gasteiger partial charge in [-0.05, 0) is 106 Å². The van der Waals surface area contributed by atoms with Crippen LogP contribution in [0.4, 0.5) is 0 Å². The van der Waals surface area contributed by atoms with Gasteiger partial charge >= 0.3 is 0 Å². The van der Waals surface area contributed by atoms with Crippen LogP contribution in [0.5, 0.6) is 5.75 Å². The molecule has 4 aliphatic rings. The molecule has 1 N–H and O–H groups in total. The number of sulfonamides is 1. The van der Waals surface area contributed by atoms with Crippen molar-refractivity contribution in [2.75, 3.05) is 26.7 Å². The molecule has 11 nitrogen and oxygen atoms in total. The summed E-state index contributed by atoms with van der Waals surface area (Å²) in [5.74, 6) is 0.432. The number of benzene rings is 2. The van der Waals surface area contributed by atoms with Crippen molar-refractivity contribution in [2.24, 2.45) is 0 Å². The van der Waals surface area contributed by atoms with Gasteiger partial charge in [-0.3, -0.25) is 19.2 Å². The minimum atomic E-state index is -3.83. The lowest BCUT2D eigenvalue weighted by Crippen LogP contribution is -2.48. The Morgan fingerprint density at radius 2 is 1.77 bits per heavy atom. The molecule has 1 saturated carbocycles. The Bertz CT molecular complexity index is 2250. The number of fused-ring (bicyclic) bond motifs is 7. The van der Waals surface area contributed by atoms with E-state index >= 15 is 0 Å². The number of methoxy groups -OCH3 is 1. The van der Waals surface area contributed by atoms with Gasteiger partial charge < -0.3 is 14.2 Å². The van der Waals surface area contributed by atoms with Crippen LogP contribution in [-0.4, -0.2) is 88.5 Å². The van der Waals surface area contributed by atoms with Crippen LogP contribution in [-0.2, 0) is 23.1 Å². The second kappa shape index (κ2) is 13.8. The lowest BCUT2D eigenvalue weighted by atomic mass is 9.81. The summed E-state index contributed by atoms with van der Waals surface area (Å²) in [5.41, 5.74) is 7.87. The molecular formula is C41H50N6O5S. The number of hydrogen-bond donors (Lipinski definition) is 1. The highest BCUT2D eigenvalue weighted by Crippen LogP contribution is 2.48. The molecule has 4 aromatic rings. The van der Waals surface area contributed by atoms with Crippen LogP contribution < -0.4 is 9.46 Å². The van der Waals surface area contributed by atoms with Crippen molar-refractivity contribution < 1.29 is 22.7 Å². The molecule has 2 aromatic heterocycles. The maximum atomic E-state index is 14.5. The van der Waals surface area contributed by atoms with Gasteiger partial charge in [0.25, 0.3) is 11.8 Å². The lowest BCUT2D eigenvalue weighted by molar-refractivity contribution is 0.0630. The molecule has 53 heavy (non-hydrogen) atoms. The molecule has 0 spiro atoms. The maximum absolute atomic E-state index is 14.5. The average Bonchev–Trinajstić information content (AvgIpc) is 3.93. The Labute approximate surface area is 312 Å². The van der Waals surface area contributed by atoms with Crippen LogP contribution in [0.25, 0.3) is 33.8 Å². The summed E-state index contributed by atoms with van der Waals surface area (Å²) in [5, 5.41) is 5.08. The van der Waals surface area contributed by atoms with Crippen LogP contribution in [0.2, 0.25) is 0 Å². The molecule has 280 valence electrons. The maximum Gasteiger partial charge on any atom is 0.264 e. The summed E-state index contributed by atoms with van der Waals surface area (Å²) in [4.78, 5) is 32.6. The van der Waals surface area contributed by atoms with Gasteiger partial charge in [0.2, 0.25) is 10.0 Å². The SMILES string of the molecule is CCN1C[C@@H]2C[C@H]1CN2C(=O)c1cnn(CC)c1C1=Cc2cc(OC)ccc2-c2c(C3CCCCC3)c3ccc(C(=O)NS(=O)(=O)C(C)C)cc3n2C1. The molecule has 5 heterocycles. The number of aromatic nitrogens is 3. The number of nitrogens with one attached hydrogen (secondary N) is 1. The summed E-state index contributed by atoms with van der Waals surface area (Å²) < 4.78 is 37.7. The number of allylic oxidation sites excluding steroid dienone is 1. The fourth-order valence-corrected chi connectivity index (χ4v) is 9.90. The van der Waals surface area contributed by atoms with Crippen molar-refractivity contribution in [1.29, 1.82) is 0 Å². The number of aryl methyl sites for hydroxylation is 1. The molecule has 2 saturated heterocycles. The Morgan fingerprint density at radius 1 is 0.981 bits per heavy atom. The van der Waals surface area contributed by atoms with Crippen LogP contribution in [0.3, 0.4) is 0 Å². The van der Waals surface area contributed by atoms with Crippen LogP contribution in [0, 0.1) is 0 Å². The summed E-state index contributed by atoms with van der Waals surface area (Å²) in [6, 6.07) is 12.4. The number of hydrogen-bond acceptors (Lipinski definition) is 7. The van der Waals surface area contributed by atoms with Gasteiger partial charge in [-0.2, -0.15) is 5.10 Å². The standard InChI is InChI=1S/C41H50N6O5S/c1-6-44-23-31-20-30(44)24-45(31)41(49)35-21-42-47(7-2)38(35)29-17-28-18-32(52-5)14-16-33(28)39-37(26-11-9-8-10-12-26)34-15-13-27(19-36(34)46(39)22-29)40(48)43-53(50,51)25(3)4/h13-19,21,25-26,30-31H,6-12,20,22-24H2,1-5H3,(H,43,48)/t30-,31-/m0/s1. The molecule has 3 fully saturated rings. The molecule has 2 amide bonds. The van der Waals surface area contributed by atoms with E-state index in [0.29, 0.717) is 30.6 Å². The van der Waals surface area contributed by atoms with E-state index in [4.69, 9.17) is 9.84 Å². The minimum Gasteiger partial charge on any atom is -0.497 e. The summed E-state index contributed by atoms with van der Waals surface area (Å²) >= 11 is 0. The molecule has 1 aliphatic carbocycles. The molecular weight excluding hydrogens is 689 g/mol. The van der Waals surface area contributed by atoms with E-state index in [1.54, 1.807) is 33.2 Å². The quantitative estimate of drug-likeness (QED) is 0.208. The van der Waals surface area contributed by atoms with Crippen molar-refractivity contribution in [3.63, 3.8) is 0 Å². The van der Waals surface area contributed by atoms with Crippen molar-refractivity contribution in [1.82, 2.24) is 28.9 Å². The van der Waals surface area contributed by atoms with Crippen LogP contribution >= 0.6 is 0 Å². The molecule has 12 heteroatoms. The Morgan fingerprint density at radius 3 is 2.45 bits per heavy atom. The van der Waals surface area contributed by atoms with Crippen molar-refractivity contribution in [3.8, 4) is 17.0 Å². The Kier molecular flexibility index (Phi) is 9.25. The fraction of sp³-hybridized carbons (Fsp3) is 0.488. The van der Waals surface area contributed by atoms with E-state index in [1.807, 2.05) is 29.8 Å². The Hall–Kier alpha value is -4.42. The predicted octanol–water partition coefficient (Wildman–Crippen LogP) is 6.52. The smallest absolute Gasteiger partial charge is 0.264 e. The van der Waals surface area contributed by atoms with Gasteiger partial charge in [0.05, 0.1) is 42.1 Å². The zero-order chi connectivity index (χ0) is 37.2. The van der Waals surface area contributed by atoms with Gasteiger partial charge in [0, 0.05) is 53.7 Å². The van der Waals surface area contributed by atoms with Gasteiger partial charge in [0.15, 0.2) is 0 Å². The van der Waals surface area contributed by atoms with Crippen LogP contribution in [0.15, 0.2) is 42.6 Å². The first kappa shape index (κ1) is 35.6. The van der Waals surface area contributed by atoms with E-state index in [9.17, 15) is 18.0 Å². The third kappa shape index (κ3) is 6.07. The molecule has 8 rings (SSSR count). The first-order valence-corrected chi connectivity index (χ1v) is 20.8. The first-order valence-electron chi connectivity index (χ1n) is 19.2. The minimum absolute atomic E-state index is 0.0183. The topological polar surface area (TPSA) is 119 Å². The number of amides is 2. The number of rotatable bonds is 9. The highest BCUT2D eigenvalue weighted by atomic mass is 32.2. The highest BCUT2D eigenvalue weighted by molar-refractivity contribution is 7.90. The first-order chi connectivity index (χ1) is 25.5. The van der Waals surface area contributed by atoms with E-state index in [0.717, 1.165) is 96.5 Å². The second-order valence-corrected chi connectivity index (χ2v) is 17.6. The largest absolute Gasteiger partial charge is 0.497 e. The molecule has 3 aliphatic heterocycles. The zero-order valence-electron chi connectivity index (χ0n) is 31.4. The Balaban J connectivity index is 1.31. The van der Waals surface area contributed by atoms with Crippen molar-refractivity contribution >= 4 is 44.4 Å². The molecule has 2 aromatic carbocycles. The van der Waals surface area contributed by atoms with Crippen molar-refractivity contribution in [2.45, 2.75) is 103 Å². The third-order valence-corrected chi connectivity index (χ3v) is 13.8. The zero-order valence-corrected chi connectivity index (χ0v) is 32.2. The monoisotopic (exact) mass is 738 g/mol. The van der Waals surface area contributed by atoms with Gasteiger partial charge in [-0.25, -0.2) is 13.1 Å². The summed E-state index contributed by atoms with van der Waals surface area (Å²) in [7, 11) is -2.16. The van der Waals surface area contributed by atoms with Gasteiger partial charge in [-0.15, -0.1) is 0 Å². The predicted molar refractivity (Wildman–Crippen MR) is 208 cm³/mol. The molecule has 0 radical (unpaired) electrons. The number of piperazine rings is 1. The van der Waals surface area contributed by atoms with Crippen molar-refractivity contribution in [3.05, 3.63) is 70.5 Å². The van der Waals surface area contributed by atoms with Crippen LogP contribution in [0.1, 0.15) is 110 Å². The third-order valence-electron chi connectivity index (χ3n) is 12.1. The molecule has 2 bridgehead atoms. The molecule has 0 unspecified atom stereocenters. The number of carbonyl (C=O) groups excluding carboxylic acids is 2. The lowest BCUT2D eigenvalue weighted by Gasteiger charge is -2.33. The van der Waals surface area contributed by atoms with E-state index in [-0.39, 0.29) is 17.5 Å². The number of ether oxygens (including phenoxy) is 1. The van der Waals surface area contributed by atoms with Gasteiger partial charge in [-0.1, -0.05) is 32.3 Å². The number of likely N-dealkylation sites (N-methyl/N-ethyl adjacent to an activating group) is 1.